The van der Waals surface area contributed by atoms with Crippen molar-refractivity contribution < 1.29 is 18.7 Å². The summed E-state index contributed by atoms with van der Waals surface area (Å²) < 4.78 is 19.3. The second-order valence-corrected chi connectivity index (χ2v) is 10.2. The van der Waals surface area contributed by atoms with Crippen LogP contribution in [0.15, 0.2) is 78.9 Å². The number of halogens is 1. The van der Waals surface area contributed by atoms with Crippen molar-refractivity contribution in [1.82, 2.24) is 20.0 Å². The highest BCUT2D eigenvalue weighted by Crippen LogP contribution is 2.35. The maximum atomic E-state index is 13.7. The average molecular weight is 516 g/mol. The number of nitrogens with one attached hydrogen (secondary N) is 1. The van der Waals surface area contributed by atoms with E-state index in [-0.39, 0.29) is 30.6 Å². The van der Waals surface area contributed by atoms with E-state index >= 15 is 0 Å². The molecule has 0 radical (unpaired) electrons. The molecular formula is C29H30FN5O3. The van der Waals surface area contributed by atoms with Crippen LogP contribution in [-0.2, 0) is 11.3 Å². The van der Waals surface area contributed by atoms with Gasteiger partial charge in [0.2, 0.25) is 0 Å². The van der Waals surface area contributed by atoms with Crippen molar-refractivity contribution in [2.45, 2.75) is 32.0 Å². The third-order valence-corrected chi connectivity index (χ3v) is 7.49. The molecule has 8 nitrogen and oxygen atoms in total. The van der Waals surface area contributed by atoms with Gasteiger partial charge in [0, 0.05) is 25.8 Å². The molecule has 4 atom stereocenters. The number of benzene rings is 3. The zero-order chi connectivity index (χ0) is 26.4. The third kappa shape index (κ3) is 4.37. The summed E-state index contributed by atoms with van der Waals surface area (Å²) in [5.41, 5.74) is 1.71. The lowest BCUT2D eigenvalue weighted by atomic mass is 10.0. The van der Waals surface area contributed by atoms with Gasteiger partial charge in [0.25, 0.3) is 5.91 Å². The summed E-state index contributed by atoms with van der Waals surface area (Å²) in [6.45, 7) is 3.80. The molecule has 3 amide bonds. The standard InChI is InChI=1S/C29H30FN5O3/c1-19-16-33(22-12-14-24(15-13-22)38-23-6-4-3-5-7-23)28-31-26-25(34(28)17-19)27(36)35(29(37)32(26)2)18-20-8-10-21(30)11-9-20/h3-15,19,25-26,28,31H,16-18H2,1-2H3. The van der Waals surface area contributed by atoms with Gasteiger partial charge in [-0.1, -0.05) is 37.3 Å². The van der Waals surface area contributed by atoms with Crippen LogP contribution in [0.3, 0.4) is 0 Å². The number of rotatable bonds is 5. The Morgan fingerprint density at radius 3 is 2.32 bits per heavy atom. The van der Waals surface area contributed by atoms with Crippen LogP contribution in [0.5, 0.6) is 11.5 Å². The number of nitrogens with zero attached hydrogens (tertiary/aromatic N) is 4. The summed E-state index contributed by atoms with van der Waals surface area (Å²) in [6.07, 6.45) is -0.690. The number of ether oxygens (including phenoxy) is 1. The fraction of sp³-hybridized carbons (Fsp3) is 0.310. The molecule has 38 heavy (non-hydrogen) atoms. The highest BCUT2D eigenvalue weighted by molar-refractivity contribution is 6.00. The van der Waals surface area contributed by atoms with Gasteiger partial charge < -0.3 is 14.5 Å². The number of anilines is 1. The van der Waals surface area contributed by atoms with E-state index in [4.69, 9.17) is 4.74 Å². The Kier molecular flexibility index (Phi) is 6.25. The van der Waals surface area contributed by atoms with Gasteiger partial charge in [-0.2, -0.15) is 0 Å². The molecule has 3 aliphatic heterocycles. The molecule has 0 bridgehead atoms. The van der Waals surface area contributed by atoms with Crippen molar-refractivity contribution in [3.05, 3.63) is 90.2 Å². The number of para-hydroxylation sites is 1. The zero-order valence-electron chi connectivity index (χ0n) is 21.3. The van der Waals surface area contributed by atoms with Crippen LogP contribution in [0.25, 0.3) is 0 Å². The van der Waals surface area contributed by atoms with Crippen LogP contribution < -0.4 is 15.0 Å². The Labute approximate surface area is 221 Å². The molecule has 3 fully saturated rings. The van der Waals surface area contributed by atoms with Crippen molar-refractivity contribution in [3.63, 3.8) is 0 Å². The number of carbonyl (C=O) groups excluding carboxylic acids is 2. The first-order valence-corrected chi connectivity index (χ1v) is 12.8. The smallest absolute Gasteiger partial charge is 0.328 e. The second-order valence-electron chi connectivity index (χ2n) is 10.2. The van der Waals surface area contributed by atoms with Gasteiger partial charge in [-0.05, 0) is 60.0 Å². The molecule has 6 rings (SSSR count). The Hall–Kier alpha value is -3.95. The number of hydrogen-bond acceptors (Lipinski definition) is 6. The molecule has 0 aliphatic carbocycles. The molecule has 196 valence electrons. The molecule has 3 aromatic carbocycles. The highest BCUT2D eigenvalue weighted by atomic mass is 19.1. The first-order chi connectivity index (χ1) is 18.4. The minimum absolute atomic E-state index is 0.103. The van der Waals surface area contributed by atoms with Crippen molar-refractivity contribution >= 4 is 17.6 Å². The van der Waals surface area contributed by atoms with Crippen molar-refractivity contribution in [2.75, 3.05) is 25.0 Å². The van der Waals surface area contributed by atoms with E-state index in [0.717, 1.165) is 30.3 Å². The first kappa shape index (κ1) is 24.4. The molecular weight excluding hydrogens is 485 g/mol. The molecule has 0 spiro atoms. The molecule has 9 heteroatoms. The van der Waals surface area contributed by atoms with E-state index in [0.29, 0.717) is 11.5 Å². The number of carbonyl (C=O) groups is 2. The number of fused-ring (bicyclic) bond motifs is 3. The Morgan fingerprint density at radius 1 is 0.921 bits per heavy atom. The minimum Gasteiger partial charge on any atom is -0.457 e. The Morgan fingerprint density at radius 2 is 1.61 bits per heavy atom. The van der Waals surface area contributed by atoms with Crippen LogP contribution in [0.4, 0.5) is 14.9 Å². The molecule has 4 unspecified atom stereocenters. The van der Waals surface area contributed by atoms with Gasteiger partial charge in [0.1, 0.15) is 35.8 Å². The molecule has 3 aliphatic rings. The fourth-order valence-corrected chi connectivity index (χ4v) is 5.67. The van der Waals surface area contributed by atoms with E-state index in [1.54, 1.807) is 24.1 Å². The zero-order valence-corrected chi connectivity index (χ0v) is 21.3. The van der Waals surface area contributed by atoms with Crippen LogP contribution in [0, 0.1) is 11.7 Å². The molecule has 1 N–H and O–H groups in total. The largest absolute Gasteiger partial charge is 0.457 e. The van der Waals surface area contributed by atoms with Crippen molar-refractivity contribution in [1.29, 1.82) is 0 Å². The third-order valence-electron chi connectivity index (χ3n) is 7.49. The Balaban J connectivity index is 1.24. The van der Waals surface area contributed by atoms with Gasteiger partial charge in [-0.3, -0.25) is 19.9 Å². The monoisotopic (exact) mass is 515 g/mol. The summed E-state index contributed by atoms with van der Waals surface area (Å²) in [5.74, 6) is 1.22. The Bertz CT molecular complexity index is 1320. The topological polar surface area (TPSA) is 68.4 Å². The molecule has 0 saturated carbocycles. The SMILES string of the molecule is CC1CN(c2ccc(Oc3ccccc3)cc2)C2NC3C(C(=O)N(Cc4ccc(F)cc4)C(=O)N3C)N2C1. The van der Waals surface area contributed by atoms with Crippen LogP contribution in [0.2, 0.25) is 0 Å². The number of amides is 3. The van der Waals surface area contributed by atoms with Gasteiger partial charge in [0.05, 0.1) is 6.54 Å². The van der Waals surface area contributed by atoms with Crippen LogP contribution in [0.1, 0.15) is 12.5 Å². The van der Waals surface area contributed by atoms with E-state index in [2.05, 4.69) is 22.0 Å². The van der Waals surface area contributed by atoms with E-state index in [1.165, 1.54) is 17.0 Å². The summed E-state index contributed by atoms with van der Waals surface area (Å²) in [4.78, 5) is 34.3. The predicted molar refractivity (Wildman–Crippen MR) is 141 cm³/mol. The van der Waals surface area contributed by atoms with E-state index < -0.39 is 12.2 Å². The maximum absolute atomic E-state index is 13.7. The average Bonchev–Trinajstić information content (AvgIpc) is 3.31. The number of likely N-dealkylation sites (N-methyl/N-ethyl adjacent to an activating group) is 1. The van der Waals surface area contributed by atoms with Crippen molar-refractivity contribution in [3.8, 4) is 11.5 Å². The minimum atomic E-state index is -0.519. The summed E-state index contributed by atoms with van der Waals surface area (Å²) in [6, 6.07) is 22.6. The maximum Gasteiger partial charge on any atom is 0.328 e. The van der Waals surface area contributed by atoms with E-state index in [9.17, 15) is 14.0 Å². The molecule has 3 aromatic rings. The lowest BCUT2D eigenvalue weighted by molar-refractivity contribution is -0.139. The van der Waals surface area contributed by atoms with Crippen molar-refractivity contribution in [2.24, 2.45) is 5.92 Å². The second kappa shape index (κ2) is 9.74. The van der Waals surface area contributed by atoms with Gasteiger partial charge in [-0.25, -0.2) is 9.18 Å². The lowest BCUT2D eigenvalue weighted by Gasteiger charge is -2.46. The molecule has 0 aromatic heterocycles. The number of imide groups is 1. The quantitative estimate of drug-likeness (QED) is 0.553. The summed E-state index contributed by atoms with van der Waals surface area (Å²) >= 11 is 0. The predicted octanol–water partition coefficient (Wildman–Crippen LogP) is 4.05. The van der Waals surface area contributed by atoms with Gasteiger partial charge >= 0.3 is 6.03 Å². The number of hydrogen-bond donors (Lipinski definition) is 1. The summed E-state index contributed by atoms with van der Waals surface area (Å²) in [7, 11) is 1.72. The lowest BCUT2D eigenvalue weighted by Crippen LogP contribution is -2.66. The fourth-order valence-electron chi connectivity index (χ4n) is 5.67. The van der Waals surface area contributed by atoms with Gasteiger partial charge in [0.15, 0.2) is 0 Å². The van der Waals surface area contributed by atoms with E-state index in [1.807, 2.05) is 54.6 Å². The van der Waals surface area contributed by atoms with Gasteiger partial charge in [-0.15, -0.1) is 0 Å². The highest BCUT2D eigenvalue weighted by Gasteiger charge is 2.56. The normalized spacial score (nSPS) is 25.4. The van der Waals surface area contributed by atoms with Crippen LogP contribution >= 0.6 is 0 Å². The molecule has 3 saturated heterocycles. The van der Waals surface area contributed by atoms with Crippen LogP contribution in [-0.4, -0.2) is 65.3 Å². The molecule has 3 heterocycles. The first-order valence-electron chi connectivity index (χ1n) is 12.8. The summed E-state index contributed by atoms with van der Waals surface area (Å²) in [5, 5.41) is 3.55. The number of urea groups is 1.